The van der Waals surface area contributed by atoms with Gasteiger partial charge in [0.2, 0.25) is 0 Å². The molecule has 0 saturated heterocycles. The molecule has 3 heteroatoms. The minimum absolute atomic E-state index is 0.134. The fourth-order valence-corrected chi connectivity index (χ4v) is 5.75. The van der Waals surface area contributed by atoms with Gasteiger partial charge >= 0.3 is 5.97 Å². The molecule has 1 saturated carbocycles. The average Bonchev–Trinajstić information content (AvgIpc) is 3.71. The quantitative estimate of drug-likeness (QED) is 0.301. The van der Waals surface area contributed by atoms with E-state index in [2.05, 4.69) is 64.1 Å². The molecule has 0 aromatic heterocycles. The van der Waals surface area contributed by atoms with Crippen molar-refractivity contribution in [3.63, 3.8) is 0 Å². The van der Waals surface area contributed by atoms with E-state index in [0.717, 1.165) is 41.4 Å². The van der Waals surface area contributed by atoms with E-state index in [1.807, 2.05) is 12.1 Å². The van der Waals surface area contributed by atoms with Crippen LogP contribution in [0.1, 0.15) is 94.1 Å². The van der Waals surface area contributed by atoms with E-state index in [1.165, 1.54) is 55.2 Å². The first-order valence-electron chi connectivity index (χ1n) is 13.9. The van der Waals surface area contributed by atoms with Gasteiger partial charge in [-0.05, 0) is 94.5 Å². The van der Waals surface area contributed by atoms with E-state index in [4.69, 9.17) is 4.74 Å². The average molecular weight is 497 g/mol. The first-order valence-corrected chi connectivity index (χ1v) is 13.9. The Kier molecular flexibility index (Phi) is 6.91. The number of aromatic carboxylic acids is 1. The molecule has 3 aromatic carbocycles. The van der Waals surface area contributed by atoms with Crippen molar-refractivity contribution >= 4 is 5.97 Å². The lowest BCUT2D eigenvalue weighted by Crippen LogP contribution is -2.33. The zero-order valence-electron chi connectivity index (χ0n) is 22.8. The van der Waals surface area contributed by atoms with Crippen LogP contribution < -0.4 is 4.74 Å². The van der Waals surface area contributed by atoms with Gasteiger partial charge in [-0.25, -0.2) is 4.79 Å². The van der Waals surface area contributed by atoms with Crippen molar-refractivity contribution < 1.29 is 14.6 Å². The molecule has 0 atom stereocenters. The minimum atomic E-state index is -0.905. The maximum absolute atomic E-state index is 11.3. The predicted molar refractivity (Wildman–Crippen MR) is 152 cm³/mol. The maximum Gasteiger partial charge on any atom is 0.335 e. The number of carboxylic acids is 1. The van der Waals surface area contributed by atoms with Crippen LogP contribution >= 0.6 is 0 Å². The highest BCUT2D eigenvalue weighted by atomic mass is 16.5. The van der Waals surface area contributed by atoms with Gasteiger partial charge in [0.05, 0.1) is 12.2 Å². The van der Waals surface area contributed by atoms with Gasteiger partial charge in [0.25, 0.3) is 0 Å². The number of fused-ring (bicyclic) bond motifs is 1. The molecule has 0 spiro atoms. The molecule has 37 heavy (non-hydrogen) atoms. The summed E-state index contributed by atoms with van der Waals surface area (Å²) in [7, 11) is 0. The van der Waals surface area contributed by atoms with Crippen molar-refractivity contribution in [2.24, 2.45) is 5.92 Å². The number of hydrogen-bond donors (Lipinski definition) is 1. The van der Waals surface area contributed by atoms with Gasteiger partial charge in [0.15, 0.2) is 0 Å². The highest BCUT2D eigenvalue weighted by Crippen LogP contribution is 2.47. The van der Waals surface area contributed by atoms with E-state index in [1.54, 1.807) is 12.1 Å². The third kappa shape index (κ3) is 5.61. The Labute approximate surface area is 221 Å². The first kappa shape index (κ1) is 25.6. The maximum atomic E-state index is 11.3. The molecule has 0 aliphatic heterocycles. The van der Waals surface area contributed by atoms with Gasteiger partial charge in [-0.2, -0.15) is 0 Å². The molecule has 5 rings (SSSR count). The van der Waals surface area contributed by atoms with Crippen molar-refractivity contribution in [3.8, 4) is 28.0 Å². The third-order valence-corrected chi connectivity index (χ3v) is 8.57. The number of carbonyl (C=O) groups is 1. The van der Waals surface area contributed by atoms with E-state index in [-0.39, 0.29) is 10.8 Å². The minimum Gasteiger partial charge on any atom is -0.493 e. The molecular formula is C34H40O3. The summed E-state index contributed by atoms with van der Waals surface area (Å²) >= 11 is 0. The predicted octanol–water partition coefficient (Wildman–Crippen LogP) is 9.03. The van der Waals surface area contributed by atoms with Crippen LogP contribution in [0, 0.1) is 5.92 Å². The van der Waals surface area contributed by atoms with E-state index in [9.17, 15) is 9.90 Å². The van der Waals surface area contributed by atoms with Crippen LogP contribution in [-0.2, 0) is 10.8 Å². The number of carboxylic acid groups (broad SMARTS) is 1. The van der Waals surface area contributed by atoms with Gasteiger partial charge in [-0.15, -0.1) is 0 Å². The summed E-state index contributed by atoms with van der Waals surface area (Å²) < 4.78 is 6.39. The SMILES string of the molecule is CC1(C)CCC(C)(C)c2cc(-c3cc(-c4ccc(C(=O)O)cc4)ccc3OCCCCC3CC3)ccc21. The Morgan fingerprint density at radius 1 is 0.811 bits per heavy atom. The molecule has 0 unspecified atom stereocenters. The highest BCUT2D eigenvalue weighted by Gasteiger charge is 2.37. The summed E-state index contributed by atoms with van der Waals surface area (Å²) in [6, 6.07) is 20.5. The summed E-state index contributed by atoms with van der Waals surface area (Å²) in [5.41, 5.74) is 7.85. The zero-order valence-corrected chi connectivity index (χ0v) is 22.8. The number of benzene rings is 3. The third-order valence-electron chi connectivity index (χ3n) is 8.57. The van der Waals surface area contributed by atoms with Gasteiger partial charge in [0.1, 0.15) is 5.75 Å². The summed E-state index contributed by atoms with van der Waals surface area (Å²) in [4.78, 5) is 11.3. The lowest BCUT2D eigenvalue weighted by molar-refractivity contribution is 0.0697. The first-order chi connectivity index (χ1) is 17.6. The Hall–Kier alpha value is -3.07. The van der Waals surface area contributed by atoms with E-state index >= 15 is 0 Å². The van der Waals surface area contributed by atoms with Crippen LogP contribution in [-0.4, -0.2) is 17.7 Å². The van der Waals surface area contributed by atoms with Crippen molar-refractivity contribution in [2.45, 2.75) is 83.5 Å². The van der Waals surface area contributed by atoms with Crippen LogP contribution in [0.15, 0.2) is 60.7 Å². The van der Waals surface area contributed by atoms with Crippen LogP contribution in [0.25, 0.3) is 22.3 Å². The van der Waals surface area contributed by atoms with Crippen molar-refractivity contribution in [3.05, 3.63) is 77.4 Å². The Bertz CT molecular complexity index is 1280. The normalized spacial score (nSPS) is 17.7. The van der Waals surface area contributed by atoms with Crippen LogP contribution in [0.5, 0.6) is 5.75 Å². The summed E-state index contributed by atoms with van der Waals surface area (Å²) in [6.07, 6.45) is 8.84. The van der Waals surface area contributed by atoms with Gasteiger partial charge in [0, 0.05) is 5.56 Å². The van der Waals surface area contributed by atoms with Crippen molar-refractivity contribution in [2.75, 3.05) is 6.61 Å². The molecule has 0 bridgehead atoms. The van der Waals surface area contributed by atoms with Gasteiger partial charge < -0.3 is 9.84 Å². The highest BCUT2D eigenvalue weighted by molar-refractivity contribution is 5.88. The lowest BCUT2D eigenvalue weighted by atomic mass is 9.63. The number of rotatable bonds is 9. The molecule has 0 amide bonds. The molecule has 3 nitrogen and oxygen atoms in total. The molecule has 3 aromatic rings. The molecule has 2 aliphatic rings. The fourth-order valence-electron chi connectivity index (χ4n) is 5.75. The monoisotopic (exact) mass is 496 g/mol. The molecule has 1 fully saturated rings. The summed E-state index contributed by atoms with van der Waals surface area (Å²) in [5.74, 6) is 0.980. The Morgan fingerprint density at radius 3 is 2.14 bits per heavy atom. The molecule has 2 aliphatic carbocycles. The number of hydrogen-bond acceptors (Lipinski definition) is 2. The Morgan fingerprint density at radius 2 is 1.46 bits per heavy atom. The van der Waals surface area contributed by atoms with Gasteiger partial charge in [-0.1, -0.05) is 83.4 Å². The second kappa shape index (κ2) is 10.0. The van der Waals surface area contributed by atoms with E-state index in [0.29, 0.717) is 5.56 Å². The summed E-state index contributed by atoms with van der Waals surface area (Å²) in [5, 5.41) is 9.29. The molecule has 0 heterocycles. The molecule has 0 radical (unpaired) electrons. The second-order valence-electron chi connectivity index (χ2n) is 12.4. The number of ether oxygens (including phenoxy) is 1. The fraction of sp³-hybridized carbons (Fsp3) is 0.441. The zero-order chi connectivity index (χ0) is 26.2. The molecular weight excluding hydrogens is 456 g/mol. The van der Waals surface area contributed by atoms with E-state index < -0.39 is 5.97 Å². The van der Waals surface area contributed by atoms with Crippen molar-refractivity contribution in [1.29, 1.82) is 0 Å². The largest absolute Gasteiger partial charge is 0.493 e. The lowest BCUT2D eigenvalue weighted by Gasteiger charge is -2.42. The van der Waals surface area contributed by atoms with Crippen LogP contribution in [0.2, 0.25) is 0 Å². The topological polar surface area (TPSA) is 46.5 Å². The molecule has 194 valence electrons. The standard InChI is InChI=1S/C34H40O3/c1-33(2)18-19-34(3,4)30-22-27(14-16-29(30)33)28-21-26(24-10-12-25(13-11-24)32(35)36)15-17-31(28)37-20-6-5-7-23-8-9-23/h10-17,21-23H,5-9,18-20H2,1-4H3,(H,35,36). The van der Waals surface area contributed by atoms with Gasteiger partial charge in [-0.3, -0.25) is 0 Å². The smallest absolute Gasteiger partial charge is 0.335 e. The van der Waals surface area contributed by atoms with Crippen molar-refractivity contribution in [1.82, 2.24) is 0 Å². The second-order valence-corrected chi connectivity index (χ2v) is 12.4. The number of unbranched alkanes of at least 4 members (excludes halogenated alkanes) is 1. The van der Waals surface area contributed by atoms with Crippen LogP contribution in [0.3, 0.4) is 0 Å². The van der Waals surface area contributed by atoms with Crippen LogP contribution in [0.4, 0.5) is 0 Å². The summed E-state index contributed by atoms with van der Waals surface area (Å²) in [6.45, 7) is 10.2. The molecule has 1 N–H and O–H groups in total. The Balaban J connectivity index is 1.50.